The molecule has 0 atom stereocenters. The van der Waals surface area contributed by atoms with Gasteiger partial charge in [-0.3, -0.25) is 14.4 Å². The monoisotopic (exact) mass is 589 g/mol. The first-order valence-electron chi connectivity index (χ1n) is 13.8. The van der Waals surface area contributed by atoms with Gasteiger partial charge in [0.15, 0.2) is 0 Å². The molecule has 2 aromatic carbocycles. The number of nitrogens with zero attached hydrogens (tertiary/aromatic N) is 4. The van der Waals surface area contributed by atoms with Gasteiger partial charge in [0.1, 0.15) is 11.6 Å². The number of methoxy groups -OCH3 is 1. The standard InChI is InChI=1S/C32H36ClN5O4/c1-6-30(39)36-26-16-22(28(42-5)18-24(26)20-11-13-38(4)14-12-20)17-29-34-19-25(33)27(35-29)15-21-9-7-8-10-23(21)31(40)32(41)37(2)3/h6-10,16,18-20H,1,11-15,17H2,2-5H3,(H,36,39). The number of likely N-dealkylation sites (tertiary alicyclic amines) is 1. The Kier molecular flexibility index (Phi) is 10.1. The van der Waals surface area contributed by atoms with Gasteiger partial charge in [0.25, 0.3) is 11.7 Å². The van der Waals surface area contributed by atoms with Gasteiger partial charge in [-0.15, -0.1) is 0 Å². The molecule has 0 aliphatic carbocycles. The zero-order valence-electron chi connectivity index (χ0n) is 24.4. The number of carbonyl (C=O) groups excluding carboxylic acids is 3. The van der Waals surface area contributed by atoms with E-state index in [1.54, 1.807) is 45.5 Å². The van der Waals surface area contributed by atoms with E-state index in [4.69, 9.17) is 21.3 Å². The average molecular weight is 590 g/mol. The molecule has 1 fully saturated rings. The number of ketones is 1. The van der Waals surface area contributed by atoms with Crippen molar-refractivity contribution in [3.05, 3.63) is 94.0 Å². The molecular weight excluding hydrogens is 554 g/mol. The summed E-state index contributed by atoms with van der Waals surface area (Å²) in [5.74, 6) is -0.0274. The number of piperidine rings is 1. The molecule has 1 aromatic heterocycles. The van der Waals surface area contributed by atoms with Gasteiger partial charge in [-0.05, 0) is 68.2 Å². The van der Waals surface area contributed by atoms with Crippen molar-refractivity contribution in [2.24, 2.45) is 0 Å². The minimum absolute atomic E-state index is 0.240. The number of aromatic nitrogens is 2. The van der Waals surface area contributed by atoms with E-state index in [9.17, 15) is 14.4 Å². The highest BCUT2D eigenvalue weighted by atomic mass is 35.5. The Balaban J connectivity index is 1.66. The van der Waals surface area contributed by atoms with Crippen LogP contribution in [0.25, 0.3) is 0 Å². The van der Waals surface area contributed by atoms with Crippen LogP contribution in [0, 0.1) is 0 Å². The largest absolute Gasteiger partial charge is 0.496 e. The number of Topliss-reactive ketones (excluding diaryl/α,β-unsaturated/α-hetero) is 1. The Morgan fingerprint density at radius 2 is 1.86 bits per heavy atom. The van der Waals surface area contributed by atoms with E-state index in [1.165, 1.54) is 17.2 Å². The van der Waals surface area contributed by atoms with Crippen LogP contribution in [0.2, 0.25) is 5.02 Å². The fraction of sp³-hybridized carbons (Fsp3) is 0.344. The van der Waals surface area contributed by atoms with E-state index in [0.29, 0.717) is 39.8 Å². The number of hydrogen-bond donors (Lipinski definition) is 1. The summed E-state index contributed by atoms with van der Waals surface area (Å²) in [6.45, 7) is 5.55. The number of anilines is 1. The summed E-state index contributed by atoms with van der Waals surface area (Å²) in [4.78, 5) is 50.3. The Labute approximate surface area is 251 Å². The molecular formula is C32H36ClN5O4. The van der Waals surface area contributed by atoms with Crippen LogP contribution in [-0.2, 0) is 22.4 Å². The molecule has 0 unspecified atom stereocenters. The van der Waals surface area contributed by atoms with Crippen LogP contribution in [-0.4, -0.2) is 78.7 Å². The van der Waals surface area contributed by atoms with Gasteiger partial charge >= 0.3 is 0 Å². The highest BCUT2D eigenvalue weighted by Crippen LogP contribution is 2.38. The molecule has 3 aromatic rings. The van der Waals surface area contributed by atoms with Crippen molar-refractivity contribution in [3.63, 3.8) is 0 Å². The van der Waals surface area contributed by atoms with E-state index < -0.39 is 11.7 Å². The topological polar surface area (TPSA) is 105 Å². The smallest absolute Gasteiger partial charge is 0.294 e. The lowest BCUT2D eigenvalue weighted by molar-refractivity contribution is -0.124. The quantitative estimate of drug-likeness (QED) is 0.210. The normalized spacial score (nSPS) is 13.8. The van der Waals surface area contributed by atoms with Crippen LogP contribution in [0.5, 0.6) is 5.75 Å². The van der Waals surface area contributed by atoms with Gasteiger partial charge in [0, 0.05) is 49.9 Å². The van der Waals surface area contributed by atoms with Gasteiger partial charge in [-0.2, -0.15) is 0 Å². The molecule has 0 bridgehead atoms. The number of halogens is 1. The number of rotatable bonds is 10. The average Bonchev–Trinajstić information content (AvgIpc) is 2.99. The van der Waals surface area contributed by atoms with E-state index in [1.807, 2.05) is 12.1 Å². The highest BCUT2D eigenvalue weighted by Gasteiger charge is 2.25. The molecule has 0 radical (unpaired) electrons. The Morgan fingerprint density at radius 1 is 1.14 bits per heavy atom. The summed E-state index contributed by atoms with van der Waals surface area (Å²) in [6, 6.07) is 10.9. The molecule has 1 aliphatic heterocycles. The fourth-order valence-electron chi connectivity index (χ4n) is 5.14. The maximum atomic E-state index is 12.8. The minimum Gasteiger partial charge on any atom is -0.496 e. The second-order valence-corrected chi connectivity index (χ2v) is 11.0. The van der Waals surface area contributed by atoms with Crippen molar-refractivity contribution < 1.29 is 19.1 Å². The number of nitrogens with one attached hydrogen (secondary N) is 1. The van der Waals surface area contributed by atoms with Crippen LogP contribution in [0.1, 0.15) is 57.3 Å². The molecule has 9 nitrogen and oxygen atoms in total. The second kappa shape index (κ2) is 13.7. The lowest BCUT2D eigenvalue weighted by Gasteiger charge is -2.31. The number of carbonyl (C=O) groups is 3. The lowest BCUT2D eigenvalue weighted by atomic mass is 9.87. The SMILES string of the molecule is C=CC(=O)Nc1cc(Cc2ncc(Cl)c(Cc3ccccc3C(=O)C(=O)N(C)C)n2)c(OC)cc1C1CCN(C)CC1. The number of ether oxygens (including phenoxy) is 1. The van der Waals surface area contributed by atoms with Gasteiger partial charge in [0.2, 0.25) is 5.91 Å². The summed E-state index contributed by atoms with van der Waals surface area (Å²) in [7, 11) is 6.81. The Hall–Kier alpha value is -4.08. The Morgan fingerprint density at radius 3 is 2.52 bits per heavy atom. The zero-order valence-corrected chi connectivity index (χ0v) is 25.2. The van der Waals surface area contributed by atoms with E-state index >= 15 is 0 Å². The summed E-state index contributed by atoms with van der Waals surface area (Å²) in [5.41, 5.74) is 4.03. The van der Waals surface area contributed by atoms with Crippen LogP contribution >= 0.6 is 11.6 Å². The summed E-state index contributed by atoms with van der Waals surface area (Å²) >= 11 is 6.50. The van der Waals surface area contributed by atoms with Crippen molar-refractivity contribution in [2.75, 3.05) is 46.7 Å². The summed E-state index contributed by atoms with van der Waals surface area (Å²) < 4.78 is 5.79. The zero-order chi connectivity index (χ0) is 30.4. The van der Waals surface area contributed by atoms with Gasteiger partial charge in [-0.25, -0.2) is 9.97 Å². The molecule has 0 saturated carbocycles. The van der Waals surface area contributed by atoms with Crippen LogP contribution in [0.15, 0.2) is 55.3 Å². The summed E-state index contributed by atoms with van der Waals surface area (Å²) in [6.07, 6.45) is 5.30. The van der Waals surface area contributed by atoms with E-state index in [0.717, 1.165) is 42.7 Å². The van der Waals surface area contributed by atoms with Crippen molar-refractivity contribution in [1.29, 1.82) is 0 Å². The third kappa shape index (κ3) is 7.21. The lowest BCUT2D eigenvalue weighted by Crippen LogP contribution is -2.30. The molecule has 0 spiro atoms. The van der Waals surface area contributed by atoms with Gasteiger partial charge in [0.05, 0.1) is 17.8 Å². The number of hydrogen-bond acceptors (Lipinski definition) is 7. The molecule has 42 heavy (non-hydrogen) atoms. The maximum absolute atomic E-state index is 12.8. The minimum atomic E-state index is -0.605. The number of benzene rings is 2. The fourth-order valence-corrected chi connectivity index (χ4v) is 5.29. The highest BCUT2D eigenvalue weighted by molar-refractivity contribution is 6.43. The number of likely N-dealkylation sites (N-methyl/N-ethyl adjacent to an activating group) is 1. The Bertz CT molecular complexity index is 1500. The summed E-state index contributed by atoms with van der Waals surface area (Å²) in [5, 5.41) is 3.33. The van der Waals surface area contributed by atoms with Crippen LogP contribution in [0.4, 0.5) is 5.69 Å². The van der Waals surface area contributed by atoms with Gasteiger partial charge in [-0.1, -0.05) is 42.4 Å². The molecule has 2 amide bonds. The molecule has 220 valence electrons. The molecule has 1 saturated heterocycles. The van der Waals surface area contributed by atoms with Crippen molar-refractivity contribution in [3.8, 4) is 5.75 Å². The van der Waals surface area contributed by atoms with Crippen LogP contribution < -0.4 is 10.1 Å². The predicted octanol–water partition coefficient (Wildman–Crippen LogP) is 4.52. The second-order valence-electron chi connectivity index (χ2n) is 10.6. The molecule has 2 heterocycles. The molecule has 4 rings (SSSR count). The predicted molar refractivity (Wildman–Crippen MR) is 163 cm³/mol. The molecule has 10 heteroatoms. The van der Waals surface area contributed by atoms with Crippen LogP contribution in [0.3, 0.4) is 0 Å². The first-order valence-corrected chi connectivity index (χ1v) is 14.2. The van der Waals surface area contributed by atoms with Crippen molar-refractivity contribution in [2.45, 2.75) is 31.6 Å². The third-order valence-corrected chi connectivity index (χ3v) is 7.81. The van der Waals surface area contributed by atoms with Gasteiger partial charge < -0.3 is 19.9 Å². The van der Waals surface area contributed by atoms with E-state index in [2.05, 4.69) is 28.8 Å². The molecule has 1 aliphatic rings. The van der Waals surface area contributed by atoms with Crippen molar-refractivity contribution >= 4 is 34.9 Å². The van der Waals surface area contributed by atoms with E-state index in [-0.39, 0.29) is 18.2 Å². The first kappa shape index (κ1) is 30.9. The molecule has 1 N–H and O–H groups in total. The van der Waals surface area contributed by atoms with Crippen molar-refractivity contribution in [1.82, 2.24) is 19.8 Å². The third-order valence-electron chi connectivity index (χ3n) is 7.49. The first-order chi connectivity index (χ1) is 20.1. The maximum Gasteiger partial charge on any atom is 0.294 e. The number of amides is 2.